The highest BCUT2D eigenvalue weighted by Crippen LogP contribution is 2.23. The van der Waals surface area contributed by atoms with Crippen molar-refractivity contribution in [2.24, 2.45) is 5.92 Å². The van der Waals surface area contributed by atoms with Gasteiger partial charge in [0.2, 0.25) is 0 Å². The van der Waals surface area contributed by atoms with E-state index in [-0.39, 0.29) is 0 Å². The van der Waals surface area contributed by atoms with Crippen LogP contribution in [-0.4, -0.2) is 35.5 Å². The summed E-state index contributed by atoms with van der Waals surface area (Å²) in [7, 11) is 0. The van der Waals surface area contributed by atoms with E-state index < -0.39 is 0 Å². The Morgan fingerprint density at radius 2 is 2.29 bits per heavy atom. The molecule has 0 aliphatic carbocycles. The molecule has 0 radical (unpaired) electrons. The van der Waals surface area contributed by atoms with Gasteiger partial charge < -0.3 is 9.73 Å². The van der Waals surface area contributed by atoms with Gasteiger partial charge in [-0.05, 0) is 37.4 Å². The van der Waals surface area contributed by atoms with Gasteiger partial charge in [0, 0.05) is 24.1 Å². The third-order valence-corrected chi connectivity index (χ3v) is 5.34. The van der Waals surface area contributed by atoms with Gasteiger partial charge in [-0.25, -0.2) is 0 Å². The highest BCUT2D eigenvalue weighted by atomic mass is 32.2. The number of rotatable bonds is 7. The van der Waals surface area contributed by atoms with E-state index in [1.165, 1.54) is 30.8 Å². The van der Waals surface area contributed by atoms with Gasteiger partial charge in [0.15, 0.2) is 0 Å². The van der Waals surface area contributed by atoms with Crippen molar-refractivity contribution in [2.45, 2.75) is 52.5 Å². The number of nitrogens with one attached hydrogen (secondary N) is 1. The molecule has 0 bridgehead atoms. The SMILES string of the molecule is CCC1CN(Cc2cc(C)c(CNCC(C)C)o2)CCS1. The molecule has 0 aromatic carbocycles. The van der Waals surface area contributed by atoms with Gasteiger partial charge in [0.05, 0.1) is 13.1 Å². The molecular formula is C17H30N2OS. The predicted molar refractivity (Wildman–Crippen MR) is 91.8 cm³/mol. The van der Waals surface area contributed by atoms with Crippen molar-refractivity contribution in [3.8, 4) is 0 Å². The Kier molecular flexibility index (Phi) is 6.65. The van der Waals surface area contributed by atoms with E-state index in [9.17, 15) is 0 Å². The Morgan fingerprint density at radius 1 is 1.48 bits per heavy atom. The average Bonchev–Trinajstić information content (AvgIpc) is 2.79. The van der Waals surface area contributed by atoms with Crippen LogP contribution in [0.1, 0.15) is 44.3 Å². The van der Waals surface area contributed by atoms with Gasteiger partial charge in [-0.15, -0.1) is 0 Å². The fourth-order valence-corrected chi connectivity index (χ4v) is 3.96. The summed E-state index contributed by atoms with van der Waals surface area (Å²) >= 11 is 2.12. The normalized spacial score (nSPS) is 20.3. The second-order valence-corrected chi connectivity index (χ2v) is 7.89. The Hall–Kier alpha value is -0.450. The van der Waals surface area contributed by atoms with E-state index >= 15 is 0 Å². The third-order valence-electron chi connectivity index (χ3n) is 3.97. The van der Waals surface area contributed by atoms with Crippen molar-refractivity contribution in [3.63, 3.8) is 0 Å². The topological polar surface area (TPSA) is 28.4 Å². The van der Waals surface area contributed by atoms with Crippen LogP contribution in [-0.2, 0) is 13.1 Å². The summed E-state index contributed by atoms with van der Waals surface area (Å²) in [5.74, 6) is 4.15. The zero-order valence-electron chi connectivity index (χ0n) is 13.9. The van der Waals surface area contributed by atoms with E-state index in [0.29, 0.717) is 5.92 Å². The van der Waals surface area contributed by atoms with Gasteiger partial charge in [-0.1, -0.05) is 20.8 Å². The number of hydrogen-bond donors (Lipinski definition) is 1. The lowest BCUT2D eigenvalue weighted by Gasteiger charge is -2.31. The Balaban J connectivity index is 1.86. The number of nitrogens with zero attached hydrogens (tertiary/aromatic N) is 1. The van der Waals surface area contributed by atoms with Crippen molar-refractivity contribution in [2.75, 3.05) is 25.4 Å². The maximum absolute atomic E-state index is 6.06. The van der Waals surface area contributed by atoms with Crippen LogP contribution in [0.25, 0.3) is 0 Å². The summed E-state index contributed by atoms with van der Waals surface area (Å²) < 4.78 is 6.06. The number of furan rings is 1. The van der Waals surface area contributed by atoms with Gasteiger partial charge in [-0.3, -0.25) is 4.90 Å². The molecule has 1 N–H and O–H groups in total. The molecule has 0 amide bonds. The second-order valence-electron chi connectivity index (χ2n) is 6.48. The summed E-state index contributed by atoms with van der Waals surface area (Å²) in [5.41, 5.74) is 1.28. The molecule has 2 rings (SSSR count). The van der Waals surface area contributed by atoms with Crippen LogP contribution in [0.3, 0.4) is 0 Å². The van der Waals surface area contributed by atoms with E-state index in [1.807, 2.05) is 0 Å². The summed E-state index contributed by atoms with van der Waals surface area (Å²) in [5, 5.41) is 4.26. The minimum Gasteiger partial charge on any atom is -0.463 e. The molecule has 120 valence electrons. The van der Waals surface area contributed by atoms with Gasteiger partial charge >= 0.3 is 0 Å². The molecule has 2 heterocycles. The van der Waals surface area contributed by atoms with Crippen LogP contribution in [0.5, 0.6) is 0 Å². The summed E-state index contributed by atoms with van der Waals surface area (Å²) in [6.07, 6.45) is 1.27. The molecule has 21 heavy (non-hydrogen) atoms. The molecule has 1 aromatic heterocycles. The fourth-order valence-electron chi connectivity index (χ4n) is 2.71. The lowest BCUT2D eigenvalue weighted by molar-refractivity contribution is 0.247. The fraction of sp³-hybridized carbons (Fsp3) is 0.765. The van der Waals surface area contributed by atoms with E-state index in [1.54, 1.807) is 0 Å². The quantitative estimate of drug-likeness (QED) is 0.832. The standard InChI is InChI=1S/C17H30N2OS/c1-5-16-12-19(6-7-21-16)11-15-8-14(4)17(20-15)10-18-9-13(2)3/h8,13,16,18H,5-7,9-12H2,1-4H3. The molecular weight excluding hydrogens is 280 g/mol. The minimum absolute atomic E-state index is 0.677. The largest absolute Gasteiger partial charge is 0.463 e. The first-order valence-corrected chi connectivity index (χ1v) is 9.26. The lowest BCUT2D eigenvalue weighted by Crippen LogP contribution is -2.36. The first kappa shape index (κ1) is 16.9. The number of thioether (sulfide) groups is 1. The highest BCUT2D eigenvalue weighted by molar-refractivity contribution is 8.00. The zero-order valence-corrected chi connectivity index (χ0v) is 14.8. The molecule has 1 saturated heterocycles. The van der Waals surface area contributed by atoms with Gasteiger partial charge in [0.25, 0.3) is 0 Å². The molecule has 1 atom stereocenters. The molecule has 0 spiro atoms. The summed E-state index contributed by atoms with van der Waals surface area (Å²) in [6, 6.07) is 2.22. The van der Waals surface area contributed by atoms with E-state index in [4.69, 9.17) is 4.42 Å². The molecule has 1 fully saturated rings. The Labute approximate surface area is 133 Å². The van der Waals surface area contributed by atoms with Gasteiger partial charge in [0.1, 0.15) is 11.5 Å². The Morgan fingerprint density at radius 3 is 3.00 bits per heavy atom. The number of aryl methyl sites for hydroxylation is 1. The average molecular weight is 311 g/mol. The highest BCUT2D eigenvalue weighted by Gasteiger charge is 2.20. The van der Waals surface area contributed by atoms with Gasteiger partial charge in [-0.2, -0.15) is 11.8 Å². The first-order chi connectivity index (χ1) is 10.1. The van der Waals surface area contributed by atoms with Crippen LogP contribution in [0, 0.1) is 12.8 Å². The van der Waals surface area contributed by atoms with Crippen molar-refractivity contribution < 1.29 is 4.42 Å². The molecule has 1 aliphatic rings. The van der Waals surface area contributed by atoms with E-state index in [0.717, 1.165) is 36.4 Å². The molecule has 1 aromatic rings. The maximum atomic E-state index is 6.06. The smallest absolute Gasteiger partial charge is 0.120 e. The Bertz CT molecular complexity index is 430. The van der Waals surface area contributed by atoms with Crippen molar-refractivity contribution >= 4 is 11.8 Å². The predicted octanol–water partition coefficient (Wildman–Crippen LogP) is 3.66. The summed E-state index contributed by atoms with van der Waals surface area (Å²) in [6.45, 7) is 14.1. The molecule has 1 aliphatic heterocycles. The first-order valence-electron chi connectivity index (χ1n) is 8.21. The van der Waals surface area contributed by atoms with Crippen molar-refractivity contribution in [3.05, 3.63) is 23.2 Å². The molecule has 0 saturated carbocycles. The van der Waals surface area contributed by atoms with E-state index in [2.05, 4.69) is 55.7 Å². The maximum Gasteiger partial charge on any atom is 0.120 e. The van der Waals surface area contributed by atoms with Crippen LogP contribution in [0.4, 0.5) is 0 Å². The summed E-state index contributed by atoms with van der Waals surface area (Å²) in [4.78, 5) is 2.54. The zero-order chi connectivity index (χ0) is 15.2. The number of hydrogen-bond acceptors (Lipinski definition) is 4. The van der Waals surface area contributed by atoms with Crippen molar-refractivity contribution in [1.29, 1.82) is 0 Å². The van der Waals surface area contributed by atoms with Crippen LogP contribution >= 0.6 is 11.8 Å². The molecule has 4 heteroatoms. The van der Waals surface area contributed by atoms with Crippen molar-refractivity contribution in [1.82, 2.24) is 10.2 Å². The third kappa shape index (κ3) is 5.35. The van der Waals surface area contributed by atoms with Crippen LogP contribution in [0.15, 0.2) is 10.5 Å². The second kappa shape index (κ2) is 8.25. The monoisotopic (exact) mass is 310 g/mol. The minimum atomic E-state index is 0.677. The molecule has 1 unspecified atom stereocenters. The van der Waals surface area contributed by atoms with Crippen LogP contribution < -0.4 is 5.32 Å². The molecule has 3 nitrogen and oxygen atoms in total. The lowest BCUT2D eigenvalue weighted by atomic mass is 10.2. The van der Waals surface area contributed by atoms with Crippen LogP contribution in [0.2, 0.25) is 0 Å².